The van der Waals surface area contributed by atoms with Crippen LogP contribution in [0.1, 0.15) is 0 Å². The number of hydrogen-bond acceptors (Lipinski definition) is 5. The molecular weight excluding hydrogens is 244 g/mol. The van der Waals surface area contributed by atoms with Gasteiger partial charge in [0.1, 0.15) is 0 Å². The minimum atomic E-state index is -0.401. The maximum absolute atomic E-state index is 11.0. The van der Waals surface area contributed by atoms with Gasteiger partial charge in [-0.1, -0.05) is 12.2 Å². The van der Waals surface area contributed by atoms with Crippen LogP contribution in [0.4, 0.5) is 11.4 Å². The zero-order chi connectivity index (χ0) is 13.7. The van der Waals surface area contributed by atoms with E-state index >= 15 is 0 Å². The average molecular weight is 258 g/mol. The second-order valence-electron chi connectivity index (χ2n) is 3.90. The number of nitro benzene ring substituents is 1. The molecule has 0 fully saturated rings. The van der Waals surface area contributed by atoms with E-state index < -0.39 is 4.92 Å². The molecule has 2 rings (SSSR count). The molecule has 1 aromatic carbocycles. The van der Waals surface area contributed by atoms with Gasteiger partial charge in [0.2, 0.25) is 0 Å². The summed E-state index contributed by atoms with van der Waals surface area (Å²) in [6.45, 7) is 1.11. The predicted octanol–water partition coefficient (Wildman–Crippen LogP) is 2.07. The largest absolute Gasteiger partial charge is 0.381 e. The number of non-ortho nitro benzene ring substituents is 1. The highest BCUT2D eigenvalue weighted by Crippen LogP contribution is 2.30. The zero-order valence-corrected chi connectivity index (χ0v) is 10.2. The van der Waals surface area contributed by atoms with Crippen molar-refractivity contribution in [3.05, 3.63) is 52.9 Å². The second kappa shape index (κ2) is 5.92. The lowest BCUT2D eigenvalue weighted by Gasteiger charge is -2.08. The molecule has 0 amide bonds. The Morgan fingerprint density at radius 3 is 2.89 bits per heavy atom. The van der Waals surface area contributed by atoms with Crippen LogP contribution in [0.2, 0.25) is 0 Å². The van der Waals surface area contributed by atoms with Crippen molar-refractivity contribution in [1.29, 1.82) is 0 Å². The molecule has 6 heteroatoms. The summed E-state index contributed by atoms with van der Waals surface area (Å²) in [5.74, 6) is 0. The molecule has 0 bridgehead atoms. The number of nitrogens with zero attached hydrogens (tertiary/aromatic N) is 2. The third kappa shape index (κ3) is 2.86. The van der Waals surface area contributed by atoms with E-state index in [2.05, 4.69) is 10.3 Å². The van der Waals surface area contributed by atoms with Crippen molar-refractivity contribution in [2.24, 2.45) is 5.73 Å². The van der Waals surface area contributed by atoms with Crippen molar-refractivity contribution in [2.75, 3.05) is 18.4 Å². The fraction of sp³-hybridized carbons (Fsp3) is 0.154. The first-order chi connectivity index (χ1) is 9.24. The lowest BCUT2D eigenvalue weighted by molar-refractivity contribution is -0.383. The van der Waals surface area contributed by atoms with Crippen LogP contribution in [0.3, 0.4) is 0 Å². The number of anilines is 1. The number of aromatic nitrogens is 1. The highest BCUT2D eigenvalue weighted by atomic mass is 16.6. The molecule has 2 aromatic rings. The van der Waals surface area contributed by atoms with Gasteiger partial charge in [-0.3, -0.25) is 15.1 Å². The van der Waals surface area contributed by atoms with Crippen molar-refractivity contribution in [1.82, 2.24) is 4.98 Å². The molecule has 0 saturated carbocycles. The molecule has 0 atom stereocenters. The Balaban J connectivity index is 2.38. The number of nitrogens with two attached hydrogens (primary N) is 1. The van der Waals surface area contributed by atoms with Gasteiger partial charge in [-0.2, -0.15) is 0 Å². The van der Waals surface area contributed by atoms with E-state index in [0.717, 1.165) is 11.1 Å². The van der Waals surface area contributed by atoms with E-state index in [1.54, 1.807) is 18.3 Å². The summed E-state index contributed by atoms with van der Waals surface area (Å²) in [6.07, 6.45) is 6.89. The molecule has 1 heterocycles. The Bertz CT molecular complexity index is 625. The maximum atomic E-state index is 11.0. The lowest BCUT2D eigenvalue weighted by Crippen LogP contribution is -2.01. The van der Waals surface area contributed by atoms with Crippen molar-refractivity contribution in [3.63, 3.8) is 0 Å². The lowest BCUT2D eigenvalue weighted by atomic mass is 10.1. The summed E-state index contributed by atoms with van der Waals surface area (Å²) in [7, 11) is 0. The summed E-state index contributed by atoms with van der Waals surface area (Å²) in [6, 6.07) is 4.95. The minimum absolute atomic E-state index is 0.0613. The van der Waals surface area contributed by atoms with Gasteiger partial charge in [0.05, 0.1) is 10.3 Å². The molecule has 0 unspecified atom stereocenters. The Morgan fingerprint density at radius 1 is 1.32 bits per heavy atom. The maximum Gasteiger partial charge on any atom is 0.278 e. The number of nitro groups is 1. The van der Waals surface area contributed by atoms with Crippen LogP contribution in [0.5, 0.6) is 0 Å². The monoisotopic (exact) mass is 258 g/mol. The first-order valence-electron chi connectivity index (χ1n) is 5.84. The molecular formula is C13H14N4O2. The van der Waals surface area contributed by atoms with E-state index in [1.165, 1.54) is 12.3 Å². The highest BCUT2D eigenvalue weighted by molar-refractivity contribution is 5.99. The molecule has 0 saturated heterocycles. The zero-order valence-electron chi connectivity index (χ0n) is 10.2. The van der Waals surface area contributed by atoms with Crippen molar-refractivity contribution >= 4 is 22.1 Å². The molecule has 6 nitrogen and oxygen atoms in total. The number of hydrogen-bond donors (Lipinski definition) is 2. The number of fused-ring (bicyclic) bond motifs is 1. The topological polar surface area (TPSA) is 94.1 Å². The van der Waals surface area contributed by atoms with E-state index in [0.29, 0.717) is 18.5 Å². The van der Waals surface area contributed by atoms with Gasteiger partial charge in [0.25, 0.3) is 5.69 Å². The number of nitrogens with one attached hydrogen (secondary N) is 1. The summed E-state index contributed by atoms with van der Waals surface area (Å²) >= 11 is 0. The Morgan fingerprint density at radius 2 is 2.16 bits per heavy atom. The average Bonchev–Trinajstić information content (AvgIpc) is 2.43. The van der Waals surface area contributed by atoms with Crippen molar-refractivity contribution in [3.8, 4) is 0 Å². The molecule has 0 spiro atoms. The van der Waals surface area contributed by atoms with E-state index in [1.807, 2.05) is 12.2 Å². The standard InChI is InChI=1S/C13H14N4O2/c14-6-1-2-7-16-12-3-4-13(17(18)19)11-9-15-8-5-10(11)12/h1-5,8-9,16H,6-7,14H2/b2-1+. The van der Waals surface area contributed by atoms with Gasteiger partial charge in [0.15, 0.2) is 0 Å². The van der Waals surface area contributed by atoms with Gasteiger partial charge in [0, 0.05) is 42.6 Å². The van der Waals surface area contributed by atoms with Crippen LogP contribution < -0.4 is 11.1 Å². The van der Waals surface area contributed by atoms with Crippen LogP contribution in [-0.2, 0) is 0 Å². The van der Waals surface area contributed by atoms with Crippen LogP contribution >= 0.6 is 0 Å². The molecule has 98 valence electrons. The third-order valence-electron chi connectivity index (χ3n) is 2.70. The fourth-order valence-corrected chi connectivity index (χ4v) is 1.84. The smallest absolute Gasteiger partial charge is 0.278 e. The normalized spacial score (nSPS) is 11.0. The van der Waals surface area contributed by atoms with Crippen LogP contribution in [0, 0.1) is 10.1 Å². The second-order valence-corrected chi connectivity index (χ2v) is 3.90. The summed E-state index contributed by atoms with van der Waals surface area (Å²) in [4.78, 5) is 14.5. The van der Waals surface area contributed by atoms with Gasteiger partial charge in [-0.15, -0.1) is 0 Å². The van der Waals surface area contributed by atoms with E-state index in [9.17, 15) is 10.1 Å². The molecule has 1 aromatic heterocycles. The molecule has 3 N–H and O–H groups in total. The van der Waals surface area contributed by atoms with Crippen molar-refractivity contribution in [2.45, 2.75) is 0 Å². The fourth-order valence-electron chi connectivity index (χ4n) is 1.84. The van der Waals surface area contributed by atoms with Crippen LogP contribution in [0.25, 0.3) is 10.8 Å². The van der Waals surface area contributed by atoms with Gasteiger partial charge in [-0.25, -0.2) is 0 Å². The quantitative estimate of drug-likeness (QED) is 0.486. The highest BCUT2D eigenvalue weighted by Gasteiger charge is 2.13. The molecule has 19 heavy (non-hydrogen) atoms. The predicted molar refractivity (Wildman–Crippen MR) is 75.1 cm³/mol. The van der Waals surface area contributed by atoms with Gasteiger partial charge in [-0.05, 0) is 12.1 Å². The molecule has 0 aliphatic rings. The summed E-state index contributed by atoms with van der Waals surface area (Å²) in [5, 5.41) is 15.5. The number of rotatable bonds is 5. The molecule has 0 radical (unpaired) electrons. The number of pyridine rings is 1. The Labute approximate surface area is 110 Å². The van der Waals surface area contributed by atoms with E-state index in [4.69, 9.17) is 5.73 Å². The summed E-state index contributed by atoms with van der Waals surface area (Å²) in [5.41, 5.74) is 6.25. The van der Waals surface area contributed by atoms with Gasteiger partial charge < -0.3 is 11.1 Å². The van der Waals surface area contributed by atoms with Crippen LogP contribution in [0.15, 0.2) is 42.7 Å². The van der Waals surface area contributed by atoms with Crippen molar-refractivity contribution < 1.29 is 4.92 Å². The Hall–Kier alpha value is -2.47. The van der Waals surface area contributed by atoms with E-state index in [-0.39, 0.29) is 5.69 Å². The summed E-state index contributed by atoms with van der Waals surface area (Å²) < 4.78 is 0. The Kier molecular flexibility index (Phi) is 4.04. The number of benzene rings is 1. The molecule has 0 aliphatic carbocycles. The van der Waals surface area contributed by atoms with Crippen LogP contribution in [-0.4, -0.2) is 23.0 Å². The first kappa shape index (κ1) is 13.0. The molecule has 0 aliphatic heterocycles. The first-order valence-corrected chi connectivity index (χ1v) is 5.84. The third-order valence-corrected chi connectivity index (χ3v) is 2.70. The SMILES string of the molecule is NC/C=C/CNc1ccc([N+](=O)[O-])c2cnccc12. The van der Waals surface area contributed by atoms with Gasteiger partial charge >= 0.3 is 0 Å². The minimum Gasteiger partial charge on any atom is -0.381 e.